The molecule has 0 unspecified atom stereocenters. The summed E-state index contributed by atoms with van der Waals surface area (Å²) in [6.45, 7) is 0. The van der Waals surface area contributed by atoms with Gasteiger partial charge in [-0.1, -0.05) is 376 Å². The summed E-state index contributed by atoms with van der Waals surface area (Å²) in [7, 11) is 0. The normalized spacial score (nSPS) is 23.8. The lowest BCUT2D eigenvalue weighted by Crippen LogP contribution is -2.03. The maximum atomic E-state index is 11.2. The maximum absolute atomic E-state index is 11.2. The van der Waals surface area contributed by atoms with Crippen LogP contribution in [0, 0.1) is 0 Å². The van der Waals surface area contributed by atoms with Crippen LogP contribution in [0.15, 0.2) is 186 Å². The standard InChI is InChI=1S/C12H4O4S8.3C11H4O2S8.H3N/c13-5(14)3-4(6(15)16)20-9(19-3)10-23-11-12(24-10)22-8(21-11)7-17-1-2-18-7;3*12-5(13)4-3-16-7(17-4)9-20-10-11(21-9)19-8(18-10)6-14-1-2-15-6;/h1-2H,(H,13,14)(H,15,16);3*1-3H,(H,12,13);1H3. The fraction of sp³-hybridized carbons (Fsp3) is 0. The molecule has 0 saturated heterocycles. The molecule has 0 amide bonds. The summed E-state index contributed by atoms with van der Waals surface area (Å²) in [5.41, 5.74) is 0. The first kappa shape index (κ1) is 71.1. The van der Waals surface area contributed by atoms with Gasteiger partial charge in [0.25, 0.3) is 0 Å². The first-order valence-corrected chi connectivity index (χ1v) is 49.1. The van der Waals surface area contributed by atoms with Crippen molar-refractivity contribution in [3.63, 3.8) is 0 Å². The minimum atomic E-state index is -1.19. The van der Waals surface area contributed by atoms with E-state index in [9.17, 15) is 34.2 Å². The number of carboxylic acid groups (broad SMARTS) is 5. The van der Waals surface area contributed by atoms with Crippen molar-refractivity contribution < 1.29 is 49.5 Å². The average molecular weight is 1760 g/mol. The molecule has 0 fully saturated rings. The molecule has 8 N–H and O–H groups in total. The van der Waals surface area contributed by atoms with Crippen molar-refractivity contribution in [3.8, 4) is 0 Å². The molecular formula is C45H19NO10S32. The lowest BCUT2D eigenvalue weighted by atomic mass is 10.5. The summed E-state index contributed by atoms with van der Waals surface area (Å²) in [5.74, 6) is -4.89. The van der Waals surface area contributed by atoms with Crippen LogP contribution >= 0.6 is 376 Å². The van der Waals surface area contributed by atoms with Gasteiger partial charge < -0.3 is 31.7 Å². The van der Waals surface area contributed by atoms with E-state index in [4.69, 9.17) is 15.3 Å². The lowest BCUT2D eigenvalue weighted by Gasteiger charge is -2.06. The van der Waals surface area contributed by atoms with Gasteiger partial charge in [-0.3, -0.25) is 0 Å². The van der Waals surface area contributed by atoms with E-state index in [1.165, 1.54) is 151 Å². The zero-order chi connectivity index (χ0) is 60.0. The first-order valence-electron chi connectivity index (χ1n) is 22.2. The van der Waals surface area contributed by atoms with Gasteiger partial charge in [-0.15, -0.1) is 0 Å². The minimum absolute atomic E-state index is 0. The number of thioether (sulfide) groups is 32. The largest absolute Gasteiger partial charge is 0.477 e. The Bertz CT molecular complexity index is 3490. The summed E-state index contributed by atoms with van der Waals surface area (Å²) in [6, 6.07) is 0. The molecule has 16 rings (SSSR count). The van der Waals surface area contributed by atoms with E-state index in [0.717, 1.165) is 44.7 Å². The molecule has 16 heterocycles. The maximum Gasteiger partial charge on any atom is 0.344 e. The highest BCUT2D eigenvalue weighted by Gasteiger charge is 2.41. The monoisotopic (exact) mass is 1760 g/mol. The van der Waals surface area contributed by atoms with E-state index in [0.29, 0.717) is 14.7 Å². The number of carbonyl (C=O) groups is 5. The van der Waals surface area contributed by atoms with Crippen LogP contribution in [0.3, 0.4) is 0 Å². The molecule has 0 radical (unpaired) electrons. The number of aliphatic carboxylic acids is 5. The van der Waals surface area contributed by atoms with E-state index in [2.05, 4.69) is 43.3 Å². The first-order chi connectivity index (χ1) is 42.1. The molecule has 16 aliphatic rings. The van der Waals surface area contributed by atoms with Crippen LogP contribution < -0.4 is 6.15 Å². The summed E-state index contributed by atoms with van der Waals surface area (Å²) >= 11 is 53.4. The Labute approximate surface area is 637 Å². The molecule has 0 atom stereocenters. The Morgan fingerprint density at radius 3 is 0.511 bits per heavy atom. The molecule has 0 spiro atoms. The second kappa shape index (κ2) is 32.7. The van der Waals surface area contributed by atoms with Gasteiger partial charge in [-0.05, 0) is 59.5 Å². The predicted octanol–water partition coefficient (Wildman–Crippen LogP) is 26.4. The zero-order valence-corrected chi connectivity index (χ0v) is 67.5. The van der Waals surface area contributed by atoms with Gasteiger partial charge in [-0.2, -0.15) is 0 Å². The number of hydrogen-bond donors (Lipinski definition) is 6. The van der Waals surface area contributed by atoms with Crippen LogP contribution in [0.1, 0.15) is 0 Å². The van der Waals surface area contributed by atoms with Crippen LogP contribution in [0.25, 0.3) is 0 Å². The smallest absolute Gasteiger partial charge is 0.344 e. The summed E-state index contributed by atoms with van der Waals surface area (Å²) < 4.78 is 29.9. The highest BCUT2D eigenvalue weighted by Crippen LogP contribution is 2.75. The molecule has 16 aliphatic heterocycles. The Kier molecular flexibility index (Phi) is 26.5. The van der Waals surface area contributed by atoms with Crippen molar-refractivity contribution in [1.29, 1.82) is 0 Å². The number of hydrogen-bond acceptors (Lipinski definition) is 38. The number of rotatable bonds is 5. The van der Waals surface area contributed by atoms with Gasteiger partial charge in [0.1, 0.15) is 24.5 Å². The van der Waals surface area contributed by atoms with Crippen LogP contribution in [-0.2, 0) is 24.0 Å². The molecule has 0 aliphatic carbocycles. The van der Waals surface area contributed by atoms with Crippen molar-refractivity contribution in [2.24, 2.45) is 0 Å². The molecule has 88 heavy (non-hydrogen) atoms. The molecule has 456 valence electrons. The van der Waals surface area contributed by atoms with E-state index in [1.807, 2.05) is 70.6 Å². The number of carboxylic acids is 5. The Morgan fingerprint density at radius 2 is 0.352 bits per heavy atom. The van der Waals surface area contributed by atoms with Crippen molar-refractivity contribution in [3.05, 3.63) is 186 Å². The molecule has 0 bridgehead atoms. The summed E-state index contributed by atoms with van der Waals surface area (Å²) in [5, 5.41) is 67.5. The van der Waals surface area contributed by atoms with Gasteiger partial charge in [0, 0.05) is 0 Å². The summed E-state index contributed by atoms with van der Waals surface area (Å²) in [4.78, 5) is 56.5. The van der Waals surface area contributed by atoms with Crippen LogP contribution in [0.2, 0.25) is 0 Å². The summed E-state index contributed by atoms with van der Waals surface area (Å²) in [6.07, 6.45) is 0. The lowest BCUT2D eigenvalue weighted by molar-refractivity contribution is -0.134. The average Bonchev–Trinajstić information content (AvgIpc) is 3.16. The van der Waals surface area contributed by atoms with Gasteiger partial charge in [0.2, 0.25) is 0 Å². The van der Waals surface area contributed by atoms with Crippen LogP contribution in [0.5, 0.6) is 0 Å². The molecule has 0 aromatic heterocycles. The fourth-order valence-corrected chi connectivity index (χ4v) is 50.1. The fourth-order valence-electron chi connectivity index (χ4n) is 6.21. The van der Waals surface area contributed by atoms with Gasteiger partial charge in [0.15, 0.2) is 0 Å². The minimum Gasteiger partial charge on any atom is -0.477 e. The highest BCUT2D eigenvalue weighted by molar-refractivity contribution is 8.53. The van der Waals surface area contributed by atoms with Crippen molar-refractivity contribution >= 4 is 406 Å². The SMILES string of the molecule is N.O=C(O)C1=C(C(=O)O)SC(=C2SC3=C(SC(=C4SC=CS4)S3)S2)S1.O=C(O)C1=CSC(=C2SC3=C(SC(=C4SC=CS4)S3)S2)S1.O=C(O)C1=CSC(=C2SC3=C(SC(=C4SC=CS4)S3)S2)S1.O=C(O)C1=CSC(=C2SC3=C(SC(=C4SC=CS4)S3)S2)S1. The molecule has 0 aromatic rings. The van der Waals surface area contributed by atoms with Crippen molar-refractivity contribution in [2.45, 2.75) is 0 Å². The topological polar surface area (TPSA) is 221 Å². The van der Waals surface area contributed by atoms with Crippen LogP contribution in [0.4, 0.5) is 0 Å². The quantitative estimate of drug-likeness (QED) is 0.151. The van der Waals surface area contributed by atoms with Crippen LogP contribution in [-0.4, -0.2) is 55.4 Å². The van der Waals surface area contributed by atoms with Gasteiger partial charge in [-0.25, -0.2) is 24.0 Å². The second-order valence-electron chi connectivity index (χ2n) is 15.1. The molecule has 0 aromatic carbocycles. The van der Waals surface area contributed by atoms with Crippen molar-refractivity contribution in [1.82, 2.24) is 6.15 Å². The van der Waals surface area contributed by atoms with Gasteiger partial charge in [0.05, 0.1) is 102 Å². The Morgan fingerprint density at radius 1 is 0.193 bits per heavy atom. The molecular weight excluding hydrogens is 1740 g/mol. The Balaban J connectivity index is 0.000000114. The molecule has 0 saturated carbocycles. The second-order valence-corrected chi connectivity index (χ2v) is 52.8. The highest BCUT2D eigenvalue weighted by atomic mass is 32.3. The van der Waals surface area contributed by atoms with E-state index < -0.39 is 29.8 Å². The van der Waals surface area contributed by atoms with E-state index >= 15 is 0 Å². The van der Waals surface area contributed by atoms with Crippen molar-refractivity contribution in [2.75, 3.05) is 0 Å². The van der Waals surface area contributed by atoms with E-state index in [1.54, 1.807) is 228 Å². The Hall–Kier alpha value is 3.31. The third kappa shape index (κ3) is 17.0. The molecule has 11 nitrogen and oxygen atoms in total. The predicted molar refractivity (Wildman–Crippen MR) is 438 cm³/mol. The van der Waals surface area contributed by atoms with E-state index in [-0.39, 0.29) is 16.0 Å². The van der Waals surface area contributed by atoms with Gasteiger partial charge >= 0.3 is 29.8 Å². The third-order valence-electron chi connectivity index (χ3n) is 9.63. The third-order valence-corrected chi connectivity index (χ3v) is 54.5. The molecule has 43 heteroatoms. The zero-order valence-electron chi connectivity index (χ0n) is 41.4.